The zero-order chi connectivity index (χ0) is 34.0. The molecule has 3 aromatic rings. The van der Waals surface area contributed by atoms with Crippen LogP contribution in [-0.4, -0.2) is 66.5 Å². The number of hydrogen-bond acceptors (Lipinski definition) is 6. The van der Waals surface area contributed by atoms with Gasteiger partial charge in [0.05, 0.1) is 23.3 Å². The maximum absolute atomic E-state index is 15.4. The van der Waals surface area contributed by atoms with Crippen molar-refractivity contribution in [2.45, 2.75) is 75.1 Å². The van der Waals surface area contributed by atoms with Crippen molar-refractivity contribution in [3.8, 4) is 0 Å². The molecule has 2 amide bonds. The van der Waals surface area contributed by atoms with Crippen LogP contribution in [-0.2, 0) is 26.0 Å². The minimum absolute atomic E-state index is 0.0788. The Kier molecular flexibility index (Phi) is 10.2. The van der Waals surface area contributed by atoms with Crippen molar-refractivity contribution < 1.29 is 31.2 Å². The topological polar surface area (TPSA) is 120 Å². The molecule has 2 aliphatic carbocycles. The van der Waals surface area contributed by atoms with Crippen molar-refractivity contribution in [1.82, 2.24) is 19.9 Å². The van der Waals surface area contributed by atoms with Gasteiger partial charge in [-0.25, -0.2) is 21.6 Å². The minimum atomic E-state index is -3.45. The first-order valence-corrected chi connectivity index (χ1v) is 18.0. The van der Waals surface area contributed by atoms with Crippen molar-refractivity contribution in [3.63, 3.8) is 0 Å². The lowest BCUT2D eigenvalue weighted by Gasteiger charge is -2.35. The molecule has 0 radical (unpaired) electrons. The summed E-state index contributed by atoms with van der Waals surface area (Å²) in [5.41, 5.74) is 1.68. The first kappa shape index (κ1) is 34.1. The quantitative estimate of drug-likeness (QED) is 0.243. The lowest BCUT2D eigenvalue weighted by Crippen LogP contribution is -2.54. The van der Waals surface area contributed by atoms with Gasteiger partial charge in [-0.05, 0) is 92.3 Å². The summed E-state index contributed by atoms with van der Waals surface area (Å²) in [6, 6.07) is 8.09. The van der Waals surface area contributed by atoms with E-state index in [1.54, 1.807) is 13.0 Å². The zero-order valence-corrected chi connectivity index (χ0v) is 27.5. The molecule has 256 valence electrons. The Labute approximate surface area is 278 Å². The summed E-state index contributed by atoms with van der Waals surface area (Å²) in [4.78, 5) is 31.4. The number of aryl methyl sites for hydroxylation is 1. The summed E-state index contributed by atoms with van der Waals surface area (Å²) in [6.45, 7) is 2.99. The number of piperazine rings is 1. The highest BCUT2D eigenvalue weighted by Gasteiger charge is 2.43. The fourth-order valence-electron chi connectivity index (χ4n) is 6.53. The van der Waals surface area contributed by atoms with Gasteiger partial charge in [0.25, 0.3) is 0 Å². The lowest BCUT2D eigenvalue weighted by atomic mass is 9.83. The number of hydrogen-bond donors (Lipinski definition) is 3. The summed E-state index contributed by atoms with van der Waals surface area (Å²) < 4.78 is 71.9. The van der Waals surface area contributed by atoms with Gasteiger partial charge >= 0.3 is 0 Å². The SMILES string of the molecule is Cc1cc(F)cc([C@H](c2ccc(F)cc2)[C@H](NC(=O)CC2CC2)C(=O)Nc2cncc(F)c2CC[C@H]2CNCCN2S(=O)(=O)C2CC2)c1. The second-order valence-electron chi connectivity index (χ2n) is 13.2. The molecule has 3 N–H and O–H groups in total. The monoisotopic (exact) mass is 683 g/mol. The number of nitrogens with zero attached hydrogens (tertiary/aromatic N) is 2. The van der Waals surface area contributed by atoms with Gasteiger partial charge in [-0.1, -0.05) is 18.2 Å². The average molecular weight is 684 g/mol. The Balaban J connectivity index is 1.30. The van der Waals surface area contributed by atoms with Crippen LogP contribution in [0.4, 0.5) is 18.9 Å². The summed E-state index contributed by atoms with van der Waals surface area (Å²) in [5.74, 6) is -3.48. The second-order valence-corrected chi connectivity index (χ2v) is 15.3. The molecule has 2 saturated carbocycles. The Morgan fingerprint density at radius 1 is 1.00 bits per heavy atom. The Morgan fingerprint density at radius 2 is 1.75 bits per heavy atom. The van der Waals surface area contributed by atoms with Crippen LogP contribution in [0.3, 0.4) is 0 Å². The van der Waals surface area contributed by atoms with Gasteiger partial charge in [0.15, 0.2) is 0 Å². The molecule has 2 heterocycles. The molecular formula is C35H40F3N5O4S. The molecule has 0 unspecified atom stereocenters. The molecule has 3 aliphatic rings. The summed E-state index contributed by atoms with van der Waals surface area (Å²) in [6.07, 6.45) is 6.06. The molecule has 1 saturated heterocycles. The Morgan fingerprint density at radius 3 is 2.44 bits per heavy atom. The molecule has 48 heavy (non-hydrogen) atoms. The summed E-state index contributed by atoms with van der Waals surface area (Å²) in [7, 11) is -3.45. The van der Waals surface area contributed by atoms with E-state index in [-0.39, 0.29) is 41.2 Å². The molecule has 1 aliphatic heterocycles. The van der Waals surface area contributed by atoms with Gasteiger partial charge in [0.2, 0.25) is 21.8 Å². The van der Waals surface area contributed by atoms with E-state index in [9.17, 15) is 26.8 Å². The van der Waals surface area contributed by atoms with E-state index >= 15 is 4.39 Å². The zero-order valence-electron chi connectivity index (χ0n) is 26.7. The first-order valence-electron chi connectivity index (χ1n) is 16.5. The van der Waals surface area contributed by atoms with Crippen molar-refractivity contribution in [2.75, 3.05) is 25.0 Å². The number of sulfonamides is 1. The lowest BCUT2D eigenvalue weighted by molar-refractivity contribution is -0.127. The fourth-order valence-corrected chi connectivity index (χ4v) is 8.59. The van der Waals surface area contributed by atoms with Gasteiger partial charge in [0.1, 0.15) is 23.5 Å². The number of carbonyl (C=O) groups excluding carboxylic acids is 2. The van der Waals surface area contributed by atoms with Crippen LogP contribution in [0.25, 0.3) is 0 Å². The van der Waals surface area contributed by atoms with Gasteiger partial charge in [0, 0.05) is 43.6 Å². The predicted octanol–water partition coefficient (Wildman–Crippen LogP) is 4.56. The molecular weight excluding hydrogens is 643 g/mol. The number of amides is 2. The van der Waals surface area contributed by atoms with Crippen LogP contribution >= 0.6 is 0 Å². The van der Waals surface area contributed by atoms with Crippen molar-refractivity contribution in [2.24, 2.45) is 5.92 Å². The van der Waals surface area contributed by atoms with Crippen LogP contribution in [0.15, 0.2) is 54.9 Å². The molecule has 1 aromatic heterocycles. The van der Waals surface area contributed by atoms with Crippen LogP contribution in [0.5, 0.6) is 0 Å². The molecule has 13 heteroatoms. The normalized spacial score (nSPS) is 19.8. The number of pyridine rings is 1. The molecule has 3 fully saturated rings. The van der Waals surface area contributed by atoms with E-state index in [0.717, 1.165) is 19.0 Å². The van der Waals surface area contributed by atoms with Gasteiger partial charge < -0.3 is 16.0 Å². The maximum Gasteiger partial charge on any atom is 0.247 e. The minimum Gasteiger partial charge on any atom is -0.343 e. The van der Waals surface area contributed by atoms with E-state index in [0.29, 0.717) is 55.6 Å². The summed E-state index contributed by atoms with van der Waals surface area (Å²) >= 11 is 0. The molecule has 6 rings (SSSR count). The number of rotatable bonds is 13. The van der Waals surface area contributed by atoms with Crippen molar-refractivity contribution in [1.29, 1.82) is 0 Å². The van der Waals surface area contributed by atoms with E-state index in [2.05, 4.69) is 20.9 Å². The smallest absolute Gasteiger partial charge is 0.247 e. The predicted molar refractivity (Wildman–Crippen MR) is 175 cm³/mol. The second kappa shape index (κ2) is 14.4. The van der Waals surface area contributed by atoms with E-state index in [1.807, 2.05) is 0 Å². The Bertz CT molecular complexity index is 1750. The highest BCUT2D eigenvalue weighted by molar-refractivity contribution is 7.90. The first-order chi connectivity index (χ1) is 23.0. The molecule has 2 aromatic carbocycles. The molecule has 0 bridgehead atoms. The molecule has 0 spiro atoms. The number of anilines is 1. The number of nitrogens with one attached hydrogen (secondary N) is 3. The van der Waals surface area contributed by atoms with E-state index in [1.165, 1.54) is 46.9 Å². The van der Waals surface area contributed by atoms with Crippen molar-refractivity contribution >= 4 is 27.5 Å². The average Bonchev–Trinajstić information content (AvgIpc) is 3.97. The summed E-state index contributed by atoms with van der Waals surface area (Å²) in [5, 5.41) is 8.49. The third-order valence-electron chi connectivity index (χ3n) is 9.32. The van der Waals surface area contributed by atoms with Crippen LogP contribution < -0.4 is 16.0 Å². The standard InChI is InChI=1S/C35H40F3N5O4S/c1-21-14-24(17-26(37)15-21)33(23-4-6-25(36)7-5-23)34(42-32(44)16-22-2-3-22)35(45)41-31-20-40-19-30(38)29(31)11-8-27-18-39-12-13-43(27)48(46,47)28-9-10-28/h4-7,14-15,17,19-20,22,27-28,33-34,39H,2-3,8-13,16,18H2,1H3,(H,41,45)(H,42,44)/t27-,33-,34-/m0/s1. The van der Waals surface area contributed by atoms with E-state index < -0.39 is 51.4 Å². The van der Waals surface area contributed by atoms with Gasteiger partial charge in [-0.15, -0.1) is 0 Å². The van der Waals surface area contributed by atoms with Crippen LogP contribution in [0.1, 0.15) is 66.7 Å². The van der Waals surface area contributed by atoms with Crippen molar-refractivity contribution in [3.05, 3.63) is 94.6 Å². The van der Waals surface area contributed by atoms with Crippen LogP contribution in [0.2, 0.25) is 0 Å². The number of benzene rings is 2. The number of carbonyl (C=O) groups is 2. The van der Waals surface area contributed by atoms with Gasteiger partial charge in [-0.3, -0.25) is 14.6 Å². The van der Waals surface area contributed by atoms with Crippen LogP contribution in [0, 0.1) is 30.3 Å². The maximum atomic E-state index is 15.4. The third-order valence-corrected chi connectivity index (χ3v) is 11.8. The number of aromatic nitrogens is 1. The molecule has 3 atom stereocenters. The molecule has 9 nitrogen and oxygen atoms in total. The third kappa shape index (κ3) is 8.07. The number of halogens is 3. The fraction of sp³-hybridized carbons (Fsp3) is 0.457. The largest absolute Gasteiger partial charge is 0.343 e. The van der Waals surface area contributed by atoms with Gasteiger partial charge in [-0.2, -0.15) is 4.31 Å². The highest BCUT2D eigenvalue weighted by Crippen LogP contribution is 2.35. The Hall–Kier alpha value is -3.81. The van der Waals surface area contributed by atoms with E-state index in [4.69, 9.17) is 0 Å². The highest BCUT2D eigenvalue weighted by atomic mass is 32.2.